The number of benzene rings is 3. The average molecular weight is 574 g/mol. The lowest BCUT2D eigenvalue weighted by molar-refractivity contribution is -0.110. The number of hydrogen-bond acceptors (Lipinski definition) is 5. The minimum atomic E-state index is -3.51. The maximum atomic E-state index is 13.4. The van der Waals surface area contributed by atoms with E-state index in [-0.39, 0.29) is 19.1 Å². The van der Waals surface area contributed by atoms with E-state index in [9.17, 15) is 9.36 Å². The Morgan fingerprint density at radius 3 is 2.27 bits per heavy atom. The van der Waals surface area contributed by atoms with Crippen LogP contribution in [-0.2, 0) is 18.4 Å². The van der Waals surface area contributed by atoms with Crippen LogP contribution in [0.3, 0.4) is 0 Å². The summed E-state index contributed by atoms with van der Waals surface area (Å²) in [4.78, 5) is 13.2. The van der Waals surface area contributed by atoms with Crippen LogP contribution < -0.4 is 15.9 Å². The van der Waals surface area contributed by atoms with E-state index in [4.69, 9.17) is 9.05 Å². The third-order valence-corrected chi connectivity index (χ3v) is 7.91. The van der Waals surface area contributed by atoms with Crippen molar-refractivity contribution >= 4 is 64.0 Å². The largest absolute Gasteiger partial charge is 0.361 e. The van der Waals surface area contributed by atoms with Gasteiger partial charge in [-0.05, 0) is 84.5 Å². The zero-order valence-electron chi connectivity index (χ0n) is 18.3. The number of hydrogen-bond donors (Lipinski definition) is 2. The molecule has 3 aromatic rings. The maximum absolute atomic E-state index is 13.4. The van der Waals surface area contributed by atoms with Crippen LogP contribution in [0.25, 0.3) is 11.3 Å². The van der Waals surface area contributed by atoms with Crippen LogP contribution in [0.15, 0.2) is 72.8 Å². The summed E-state index contributed by atoms with van der Waals surface area (Å²) in [5.74, 6) is -0.235. The molecule has 4 rings (SSSR count). The summed E-state index contributed by atoms with van der Waals surface area (Å²) in [7, 11) is -3.51. The Kier molecular flexibility index (Phi) is 7.34. The van der Waals surface area contributed by atoms with Crippen molar-refractivity contribution in [1.29, 1.82) is 0 Å². The number of carbonyl (C=O) groups is 1. The molecular formula is C25H24IN2O4P. The first-order chi connectivity index (χ1) is 15.9. The summed E-state index contributed by atoms with van der Waals surface area (Å²) in [6, 6.07) is 22.8. The van der Waals surface area contributed by atoms with Crippen LogP contribution in [0.4, 0.5) is 11.4 Å². The fraction of sp³-hybridized carbons (Fsp3) is 0.160. The molecule has 0 bridgehead atoms. The van der Waals surface area contributed by atoms with Gasteiger partial charge in [0.05, 0.1) is 29.8 Å². The van der Waals surface area contributed by atoms with Gasteiger partial charge in [0, 0.05) is 20.5 Å². The highest BCUT2D eigenvalue weighted by molar-refractivity contribution is 14.1. The monoisotopic (exact) mass is 574 g/mol. The van der Waals surface area contributed by atoms with E-state index in [1.165, 1.54) is 0 Å². The molecule has 0 saturated carbocycles. The second-order valence-corrected chi connectivity index (χ2v) is 10.5. The molecule has 0 unspecified atom stereocenters. The Hall–Kier alpha value is -2.45. The zero-order chi connectivity index (χ0) is 23.4. The highest BCUT2D eigenvalue weighted by Crippen LogP contribution is 2.48. The molecule has 0 radical (unpaired) electrons. The van der Waals surface area contributed by atoms with Crippen LogP contribution in [0.2, 0.25) is 0 Å². The lowest BCUT2D eigenvalue weighted by Gasteiger charge is -2.18. The van der Waals surface area contributed by atoms with Gasteiger partial charge >= 0.3 is 7.60 Å². The molecular weight excluding hydrogens is 550 g/mol. The van der Waals surface area contributed by atoms with E-state index in [2.05, 4.69) is 33.2 Å². The van der Waals surface area contributed by atoms with E-state index < -0.39 is 7.60 Å². The maximum Gasteiger partial charge on any atom is 0.361 e. The third kappa shape index (κ3) is 5.06. The van der Waals surface area contributed by atoms with Crippen LogP contribution in [0, 0.1) is 3.57 Å². The van der Waals surface area contributed by atoms with Gasteiger partial charge in [-0.1, -0.05) is 30.3 Å². The molecule has 0 aromatic heterocycles. The molecule has 0 aliphatic carbocycles. The number of rotatable bonds is 8. The van der Waals surface area contributed by atoms with Crippen molar-refractivity contribution in [2.24, 2.45) is 0 Å². The molecule has 2 N–H and O–H groups in total. The summed E-state index contributed by atoms with van der Waals surface area (Å²) in [6.07, 6.45) is 0. The fourth-order valence-electron chi connectivity index (χ4n) is 3.66. The Labute approximate surface area is 207 Å². The number of amides is 1. The van der Waals surface area contributed by atoms with E-state index in [0.717, 1.165) is 14.8 Å². The highest BCUT2D eigenvalue weighted by Gasteiger charge is 2.33. The van der Waals surface area contributed by atoms with Gasteiger partial charge in [0.25, 0.3) is 5.91 Å². The number of anilines is 2. The fourth-order valence-corrected chi connectivity index (χ4v) is 5.62. The molecule has 0 fully saturated rings. The number of nitrogens with one attached hydrogen (secondary N) is 2. The molecule has 1 aliphatic rings. The van der Waals surface area contributed by atoms with Gasteiger partial charge in [-0.2, -0.15) is 0 Å². The Bertz CT molecular complexity index is 1230. The SMILES string of the molecule is CCOP(=O)(OCC)c1ccc2c(c1)/C(=C(/Nc1ccc(I)cc1)c1ccccc1)C(=O)N2. The van der Waals surface area contributed by atoms with E-state index in [1.807, 2.05) is 54.6 Å². The molecule has 1 aliphatic heterocycles. The summed E-state index contributed by atoms with van der Waals surface area (Å²) < 4.78 is 25.5. The predicted octanol–water partition coefficient (Wildman–Crippen LogP) is 6.12. The summed E-state index contributed by atoms with van der Waals surface area (Å²) in [5, 5.41) is 6.77. The molecule has 8 heteroatoms. The number of halogens is 1. The molecule has 3 aromatic carbocycles. The topological polar surface area (TPSA) is 76.7 Å². The number of carbonyl (C=O) groups excluding carboxylic acids is 1. The van der Waals surface area contributed by atoms with Crippen molar-refractivity contribution in [3.63, 3.8) is 0 Å². The van der Waals surface area contributed by atoms with E-state index >= 15 is 0 Å². The van der Waals surface area contributed by atoms with Gasteiger partial charge in [0.15, 0.2) is 0 Å². The first-order valence-corrected chi connectivity index (χ1v) is 13.2. The van der Waals surface area contributed by atoms with Gasteiger partial charge in [0.2, 0.25) is 0 Å². The Morgan fingerprint density at radius 1 is 0.970 bits per heavy atom. The normalized spacial score (nSPS) is 14.6. The van der Waals surface area contributed by atoms with Crippen LogP contribution in [0.1, 0.15) is 25.0 Å². The second-order valence-electron chi connectivity index (χ2n) is 7.26. The first-order valence-electron chi connectivity index (χ1n) is 10.6. The van der Waals surface area contributed by atoms with E-state index in [1.54, 1.807) is 32.0 Å². The average Bonchev–Trinajstić information content (AvgIpc) is 3.14. The van der Waals surface area contributed by atoms with Crippen molar-refractivity contribution in [3.05, 3.63) is 87.5 Å². The zero-order valence-corrected chi connectivity index (χ0v) is 21.4. The number of fused-ring (bicyclic) bond motifs is 1. The van der Waals surface area contributed by atoms with Gasteiger partial charge in [-0.3, -0.25) is 9.36 Å². The van der Waals surface area contributed by atoms with Crippen LogP contribution in [0.5, 0.6) is 0 Å². The minimum absolute atomic E-state index is 0.235. The summed E-state index contributed by atoms with van der Waals surface area (Å²) in [6.45, 7) is 4.04. The molecule has 1 amide bonds. The van der Waals surface area contributed by atoms with Crippen LogP contribution >= 0.6 is 30.2 Å². The van der Waals surface area contributed by atoms with E-state index in [0.29, 0.717) is 27.8 Å². The van der Waals surface area contributed by atoms with Crippen LogP contribution in [-0.4, -0.2) is 19.1 Å². The Morgan fingerprint density at radius 2 is 1.64 bits per heavy atom. The lowest BCUT2D eigenvalue weighted by Crippen LogP contribution is -2.12. The lowest BCUT2D eigenvalue weighted by atomic mass is 10.00. The molecule has 6 nitrogen and oxygen atoms in total. The Balaban J connectivity index is 1.89. The minimum Gasteiger partial charge on any atom is -0.354 e. The van der Waals surface area contributed by atoms with Crippen molar-refractivity contribution in [3.8, 4) is 0 Å². The molecule has 33 heavy (non-hydrogen) atoms. The smallest absolute Gasteiger partial charge is 0.354 e. The predicted molar refractivity (Wildman–Crippen MR) is 142 cm³/mol. The van der Waals surface area contributed by atoms with Gasteiger partial charge in [0.1, 0.15) is 0 Å². The standard InChI is InChI=1S/C25H24IN2O4P/c1-3-31-33(30,32-4-2)20-14-15-22-21(16-20)23(25(29)28-22)24(17-8-6-5-7-9-17)27-19-12-10-18(26)11-13-19/h5-16,27H,3-4H2,1-2H3,(H,28,29)/b24-23-. The summed E-state index contributed by atoms with van der Waals surface area (Å²) in [5.41, 5.74) is 4.14. The summed E-state index contributed by atoms with van der Waals surface area (Å²) >= 11 is 2.25. The van der Waals surface area contributed by atoms with Crippen molar-refractivity contribution in [2.45, 2.75) is 13.8 Å². The van der Waals surface area contributed by atoms with Crippen molar-refractivity contribution in [2.75, 3.05) is 23.8 Å². The van der Waals surface area contributed by atoms with Gasteiger partial charge in [-0.15, -0.1) is 0 Å². The third-order valence-electron chi connectivity index (χ3n) is 5.09. The quantitative estimate of drug-likeness (QED) is 0.193. The molecule has 1 heterocycles. The highest BCUT2D eigenvalue weighted by atomic mass is 127. The van der Waals surface area contributed by atoms with Gasteiger partial charge in [-0.25, -0.2) is 0 Å². The molecule has 0 saturated heterocycles. The van der Waals surface area contributed by atoms with Crippen molar-refractivity contribution < 1.29 is 18.4 Å². The first kappa shape index (κ1) is 23.7. The van der Waals surface area contributed by atoms with Crippen molar-refractivity contribution in [1.82, 2.24) is 0 Å². The second kappa shape index (κ2) is 10.2. The molecule has 170 valence electrons. The van der Waals surface area contributed by atoms with Gasteiger partial charge < -0.3 is 19.7 Å². The molecule has 0 spiro atoms. The molecule has 0 atom stereocenters.